The molecule has 174 valence electrons. The van der Waals surface area contributed by atoms with Gasteiger partial charge in [0.1, 0.15) is 17.9 Å². The quantitative estimate of drug-likeness (QED) is 0.574. The van der Waals surface area contributed by atoms with Gasteiger partial charge in [-0.25, -0.2) is 15.0 Å². The second-order valence-electron chi connectivity index (χ2n) is 8.86. The maximum atomic E-state index is 13.5. The molecule has 1 amide bonds. The summed E-state index contributed by atoms with van der Waals surface area (Å²) in [7, 11) is 3.38. The van der Waals surface area contributed by atoms with Crippen molar-refractivity contribution >= 4 is 40.2 Å². The molecule has 1 unspecified atom stereocenters. The number of aryl methyl sites for hydroxylation is 2. The van der Waals surface area contributed by atoms with Gasteiger partial charge >= 0.3 is 0 Å². The number of carbonyl (C=O) groups excluding carboxylic acids is 1. The Morgan fingerprint density at radius 1 is 1.18 bits per heavy atom. The molecule has 9 heteroatoms. The fourth-order valence-corrected chi connectivity index (χ4v) is 5.21. The Hall–Kier alpha value is -2.87. The number of carbonyl (C=O) groups is 1. The Bertz CT molecular complexity index is 1180. The molecule has 5 rings (SSSR count). The van der Waals surface area contributed by atoms with Gasteiger partial charge in [-0.3, -0.25) is 4.79 Å². The monoisotopic (exact) mass is 468 g/mol. The van der Waals surface area contributed by atoms with Crippen LogP contribution in [0.2, 0.25) is 5.02 Å². The molecule has 0 saturated carbocycles. The van der Waals surface area contributed by atoms with Crippen molar-refractivity contribution in [1.29, 1.82) is 0 Å². The van der Waals surface area contributed by atoms with Crippen LogP contribution in [0.1, 0.15) is 37.9 Å². The molecule has 2 aliphatic rings. The van der Waals surface area contributed by atoms with Gasteiger partial charge in [0.05, 0.1) is 18.7 Å². The largest absolute Gasteiger partial charge is 0.495 e. The molecule has 2 aromatic heterocycles. The van der Waals surface area contributed by atoms with Gasteiger partial charge in [-0.05, 0) is 43.9 Å². The molecule has 3 aromatic rings. The lowest BCUT2D eigenvalue weighted by Crippen LogP contribution is -2.44. The van der Waals surface area contributed by atoms with Crippen LogP contribution in [0.25, 0.3) is 11.2 Å². The maximum absolute atomic E-state index is 13.5. The average Bonchev–Trinajstić information content (AvgIpc) is 3.03. The Balaban J connectivity index is 1.41. The van der Waals surface area contributed by atoms with Crippen LogP contribution in [0.3, 0.4) is 0 Å². The van der Waals surface area contributed by atoms with Crippen LogP contribution in [0.15, 0.2) is 24.5 Å². The van der Waals surface area contributed by atoms with Crippen LogP contribution in [-0.4, -0.2) is 52.7 Å². The van der Waals surface area contributed by atoms with Gasteiger partial charge in [0.2, 0.25) is 5.91 Å². The van der Waals surface area contributed by atoms with Crippen LogP contribution in [0, 0.1) is 5.92 Å². The zero-order valence-corrected chi connectivity index (χ0v) is 19.9. The first kappa shape index (κ1) is 21.9. The van der Waals surface area contributed by atoms with E-state index in [1.54, 1.807) is 43.6 Å². The molecule has 8 nitrogen and oxygen atoms in total. The van der Waals surface area contributed by atoms with Gasteiger partial charge in [-0.2, -0.15) is 0 Å². The Morgan fingerprint density at radius 3 is 2.91 bits per heavy atom. The maximum Gasteiger partial charge on any atom is 0.231 e. The van der Waals surface area contributed by atoms with Crippen molar-refractivity contribution in [3.05, 3.63) is 35.4 Å². The van der Waals surface area contributed by atoms with Gasteiger partial charge in [-0.1, -0.05) is 18.0 Å². The number of anilines is 2. The van der Waals surface area contributed by atoms with E-state index in [1.807, 2.05) is 0 Å². The number of benzene rings is 1. The number of aromatic nitrogens is 4. The second-order valence-corrected chi connectivity index (χ2v) is 9.29. The third kappa shape index (κ3) is 4.12. The van der Waals surface area contributed by atoms with Crippen LogP contribution in [0.5, 0.6) is 5.75 Å². The summed E-state index contributed by atoms with van der Waals surface area (Å²) in [6.07, 6.45) is 7.88. The number of piperidine rings is 1. The van der Waals surface area contributed by atoms with Crippen LogP contribution >= 0.6 is 11.6 Å². The number of imidazole rings is 1. The topological polar surface area (TPSA) is 76.4 Å². The lowest BCUT2D eigenvalue weighted by molar-refractivity contribution is -0.122. The molecule has 0 N–H and O–H groups in total. The van der Waals surface area contributed by atoms with E-state index >= 15 is 0 Å². The van der Waals surface area contributed by atoms with E-state index in [-0.39, 0.29) is 11.8 Å². The molecule has 0 bridgehead atoms. The zero-order valence-electron chi connectivity index (χ0n) is 19.1. The summed E-state index contributed by atoms with van der Waals surface area (Å²) in [5, 5.41) is 0.568. The number of ether oxygens (including phenoxy) is 1. The predicted octanol–water partition coefficient (Wildman–Crippen LogP) is 4.09. The van der Waals surface area contributed by atoms with Crippen molar-refractivity contribution in [2.24, 2.45) is 5.92 Å². The number of nitrogens with zero attached hydrogens (tertiary/aromatic N) is 6. The van der Waals surface area contributed by atoms with Gasteiger partial charge < -0.3 is 19.1 Å². The SMILES string of the molecule is COc1ccc(Cl)cc1N(C)C(=O)C1CCCN(c2ncnc3c2nc2n3CCCCC2)C1. The van der Waals surface area contributed by atoms with Crippen molar-refractivity contribution in [2.45, 2.75) is 45.1 Å². The highest BCUT2D eigenvalue weighted by Crippen LogP contribution is 2.34. The smallest absolute Gasteiger partial charge is 0.231 e. The van der Waals surface area contributed by atoms with Crippen molar-refractivity contribution < 1.29 is 9.53 Å². The Kier molecular flexibility index (Phi) is 6.10. The number of rotatable bonds is 4. The molecule has 1 aromatic carbocycles. The Morgan fingerprint density at radius 2 is 2.06 bits per heavy atom. The zero-order chi connectivity index (χ0) is 22.9. The van der Waals surface area contributed by atoms with Gasteiger partial charge in [0.25, 0.3) is 0 Å². The predicted molar refractivity (Wildman–Crippen MR) is 129 cm³/mol. The summed E-state index contributed by atoms with van der Waals surface area (Å²) in [6, 6.07) is 5.32. The first-order valence-corrected chi connectivity index (χ1v) is 12.0. The van der Waals surface area contributed by atoms with Crippen molar-refractivity contribution in [3.63, 3.8) is 0 Å². The lowest BCUT2D eigenvalue weighted by atomic mass is 9.96. The molecule has 33 heavy (non-hydrogen) atoms. The van der Waals surface area contributed by atoms with Gasteiger partial charge in [0, 0.05) is 38.1 Å². The van der Waals surface area contributed by atoms with Gasteiger partial charge in [-0.15, -0.1) is 0 Å². The van der Waals surface area contributed by atoms with Crippen LogP contribution in [-0.2, 0) is 17.8 Å². The molecular formula is C24H29ClN6O2. The molecule has 4 heterocycles. The van der Waals surface area contributed by atoms with E-state index in [4.69, 9.17) is 21.3 Å². The number of hydrogen-bond donors (Lipinski definition) is 0. The number of halogens is 1. The summed E-state index contributed by atoms with van der Waals surface area (Å²) in [6.45, 7) is 2.40. The highest BCUT2D eigenvalue weighted by atomic mass is 35.5. The second kappa shape index (κ2) is 9.17. The summed E-state index contributed by atoms with van der Waals surface area (Å²) in [5.41, 5.74) is 2.44. The Labute approximate surface area is 198 Å². The molecule has 0 radical (unpaired) electrons. The molecule has 1 saturated heterocycles. The average molecular weight is 469 g/mol. The van der Waals surface area contributed by atoms with E-state index < -0.39 is 0 Å². The molecule has 0 aliphatic carbocycles. The number of hydrogen-bond acceptors (Lipinski definition) is 6. The minimum Gasteiger partial charge on any atom is -0.495 e. The normalized spacial score (nSPS) is 18.6. The van der Waals surface area contributed by atoms with E-state index in [0.29, 0.717) is 23.0 Å². The van der Waals surface area contributed by atoms with E-state index in [1.165, 1.54) is 6.42 Å². The fourth-order valence-electron chi connectivity index (χ4n) is 5.05. The summed E-state index contributed by atoms with van der Waals surface area (Å²) >= 11 is 6.20. The van der Waals surface area contributed by atoms with Crippen molar-refractivity contribution in [1.82, 2.24) is 19.5 Å². The summed E-state index contributed by atoms with van der Waals surface area (Å²) in [5.74, 6) is 2.45. The summed E-state index contributed by atoms with van der Waals surface area (Å²) < 4.78 is 7.71. The van der Waals surface area contributed by atoms with E-state index in [9.17, 15) is 4.79 Å². The fraction of sp³-hybridized carbons (Fsp3) is 0.500. The molecule has 1 atom stereocenters. The van der Waals surface area contributed by atoms with Crippen molar-refractivity contribution in [3.8, 4) is 5.75 Å². The highest BCUT2D eigenvalue weighted by molar-refractivity contribution is 6.31. The van der Waals surface area contributed by atoms with Crippen LogP contribution in [0.4, 0.5) is 11.5 Å². The first-order valence-electron chi connectivity index (χ1n) is 11.6. The minimum atomic E-state index is -0.155. The minimum absolute atomic E-state index is 0.0474. The summed E-state index contributed by atoms with van der Waals surface area (Å²) in [4.78, 5) is 31.4. The third-order valence-corrected chi connectivity index (χ3v) is 7.01. The number of methoxy groups -OCH3 is 1. The van der Waals surface area contributed by atoms with Gasteiger partial charge in [0.15, 0.2) is 17.0 Å². The molecule has 1 fully saturated rings. The van der Waals surface area contributed by atoms with Crippen LogP contribution < -0.4 is 14.5 Å². The van der Waals surface area contributed by atoms with E-state index in [2.05, 4.69) is 19.4 Å². The third-order valence-electron chi connectivity index (χ3n) is 6.78. The highest BCUT2D eigenvalue weighted by Gasteiger charge is 2.31. The standard InChI is InChI=1S/C24H29ClN6O2/c1-29(18-13-17(25)9-10-19(18)33-2)24(32)16-7-6-11-30(14-16)22-21-23(27-15-26-22)31-12-5-3-4-8-20(31)28-21/h9-10,13,15-16H,3-8,11-12,14H2,1-2H3. The lowest BCUT2D eigenvalue weighted by Gasteiger charge is -2.34. The molecule has 2 aliphatic heterocycles. The number of fused-ring (bicyclic) bond motifs is 3. The first-order chi connectivity index (χ1) is 16.1. The number of amides is 1. The molecular weight excluding hydrogens is 440 g/mol. The van der Waals surface area contributed by atoms with Crippen molar-refractivity contribution in [2.75, 3.05) is 37.0 Å². The van der Waals surface area contributed by atoms with E-state index in [0.717, 1.165) is 68.0 Å². The molecule has 0 spiro atoms.